The summed E-state index contributed by atoms with van der Waals surface area (Å²) >= 11 is 0. The third-order valence-electron chi connectivity index (χ3n) is 3.27. The number of rotatable bonds is 1. The van der Waals surface area contributed by atoms with Crippen molar-refractivity contribution < 1.29 is 4.39 Å². The van der Waals surface area contributed by atoms with E-state index in [0.717, 1.165) is 24.4 Å². The summed E-state index contributed by atoms with van der Waals surface area (Å²) in [6, 6.07) is 5.51. The first-order valence-corrected chi connectivity index (χ1v) is 5.66. The molecule has 82 valence electrons. The molecule has 1 aliphatic rings. The lowest BCUT2D eigenvalue weighted by Gasteiger charge is -2.29. The summed E-state index contributed by atoms with van der Waals surface area (Å²) in [6.45, 7) is 5.32. The fourth-order valence-corrected chi connectivity index (χ4v) is 2.29. The fraction of sp³-hybridized carbons (Fsp3) is 0.538. The molecule has 0 bridgehead atoms. The van der Waals surface area contributed by atoms with Crippen molar-refractivity contribution in [3.05, 3.63) is 35.1 Å². The van der Waals surface area contributed by atoms with Crippen LogP contribution in [0, 0.1) is 18.7 Å². The van der Waals surface area contributed by atoms with Gasteiger partial charge in [0.25, 0.3) is 0 Å². The van der Waals surface area contributed by atoms with Gasteiger partial charge in [0.15, 0.2) is 0 Å². The highest BCUT2D eigenvalue weighted by molar-refractivity contribution is 5.29. The van der Waals surface area contributed by atoms with Crippen molar-refractivity contribution in [3.8, 4) is 0 Å². The maximum absolute atomic E-state index is 13.0. The van der Waals surface area contributed by atoms with Crippen LogP contribution in [-0.4, -0.2) is 6.54 Å². The molecule has 1 fully saturated rings. The molecule has 2 unspecified atom stereocenters. The summed E-state index contributed by atoms with van der Waals surface area (Å²) in [7, 11) is 0. The molecule has 1 heterocycles. The van der Waals surface area contributed by atoms with E-state index < -0.39 is 0 Å². The van der Waals surface area contributed by atoms with Crippen LogP contribution >= 0.6 is 0 Å². The maximum Gasteiger partial charge on any atom is 0.123 e. The first-order valence-electron chi connectivity index (χ1n) is 5.66. The summed E-state index contributed by atoms with van der Waals surface area (Å²) < 4.78 is 13.0. The molecule has 1 aliphatic heterocycles. The summed E-state index contributed by atoms with van der Waals surface area (Å²) in [5.41, 5.74) is 2.31. The summed E-state index contributed by atoms with van der Waals surface area (Å²) in [5, 5.41) is 3.52. The minimum Gasteiger partial charge on any atom is -0.310 e. The van der Waals surface area contributed by atoms with Crippen LogP contribution in [0.1, 0.15) is 36.9 Å². The first kappa shape index (κ1) is 10.6. The van der Waals surface area contributed by atoms with Gasteiger partial charge in [0.1, 0.15) is 5.82 Å². The van der Waals surface area contributed by atoms with Gasteiger partial charge in [-0.2, -0.15) is 0 Å². The van der Waals surface area contributed by atoms with Crippen molar-refractivity contribution in [1.82, 2.24) is 5.32 Å². The van der Waals surface area contributed by atoms with Gasteiger partial charge >= 0.3 is 0 Å². The quantitative estimate of drug-likeness (QED) is 0.745. The van der Waals surface area contributed by atoms with Crippen molar-refractivity contribution in [1.29, 1.82) is 0 Å². The Hall–Kier alpha value is -0.890. The van der Waals surface area contributed by atoms with Crippen LogP contribution in [0.5, 0.6) is 0 Å². The molecule has 2 rings (SSSR count). The highest BCUT2D eigenvalue weighted by Gasteiger charge is 2.20. The number of nitrogens with one attached hydrogen (secondary N) is 1. The number of benzene rings is 1. The molecule has 0 aromatic heterocycles. The average Bonchev–Trinajstić information content (AvgIpc) is 2.20. The van der Waals surface area contributed by atoms with Crippen LogP contribution in [0.3, 0.4) is 0 Å². The summed E-state index contributed by atoms with van der Waals surface area (Å²) in [5.74, 6) is 0.627. The van der Waals surface area contributed by atoms with Crippen LogP contribution in [0.25, 0.3) is 0 Å². The molecule has 1 aromatic carbocycles. The van der Waals surface area contributed by atoms with Gasteiger partial charge in [0, 0.05) is 6.04 Å². The zero-order valence-electron chi connectivity index (χ0n) is 9.39. The van der Waals surface area contributed by atoms with Crippen molar-refractivity contribution >= 4 is 0 Å². The van der Waals surface area contributed by atoms with E-state index in [1.165, 1.54) is 12.0 Å². The van der Waals surface area contributed by atoms with E-state index in [9.17, 15) is 4.39 Å². The zero-order chi connectivity index (χ0) is 10.8. The summed E-state index contributed by atoms with van der Waals surface area (Å²) in [6.07, 6.45) is 2.42. The largest absolute Gasteiger partial charge is 0.310 e. The fourth-order valence-electron chi connectivity index (χ4n) is 2.29. The highest BCUT2D eigenvalue weighted by atomic mass is 19.1. The Morgan fingerprint density at radius 2 is 2.13 bits per heavy atom. The van der Waals surface area contributed by atoms with Crippen molar-refractivity contribution in [3.63, 3.8) is 0 Å². The van der Waals surface area contributed by atoms with E-state index in [1.54, 1.807) is 12.1 Å². The molecule has 2 heteroatoms. The van der Waals surface area contributed by atoms with Gasteiger partial charge in [0.2, 0.25) is 0 Å². The lowest BCUT2D eigenvalue weighted by molar-refractivity contribution is 0.332. The smallest absolute Gasteiger partial charge is 0.123 e. The second-order valence-corrected chi connectivity index (χ2v) is 4.64. The number of hydrogen-bond acceptors (Lipinski definition) is 1. The number of aryl methyl sites for hydroxylation is 1. The van der Waals surface area contributed by atoms with Crippen LogP contribution in [0.4, 0.5) is 4.39 Å². The molecule has 2 atom stereocenters. The van der Waals surface area contributed by atoms with Crippen molar-refractivity contribution in [2.24, 2.45) is 5.92 Å². The van der Waals surface area contributed by atoms with E-state index in [2.05, 4.69) is 12.2 Å². The molecule has 0 saturated carbocycles. The molecule has 0 radical (unpaired) electrons. The van der Waals surface area contributed by atoms with Gasteiger partial charge in [-0.1, -0.05) is 13.0 Å². The van der Waals surface area contributed by atoms with Crippen molar-refractivity contribution in [2.75, 3.05) is 6.54 Å². The monoisotopic (exact) mass is 207 g/mol. The van der Waals surface area contributed by atoms with Crippen LogP contribution < -0.4 is 5.32 Å². The van der Waals surface area contributed by atoms with E-state index in [4.69, 9.17) is 0 Å². The van der Waals surface area contributed by atoms with Gasteiger partial charge < -0.3 is 5.32 Å². The molecule has 0 spiro atoms. The first-order chi connectivity index (χ1) is 7.16. The molecule has 0 aliphatic carbocycles. The lowest BCUT2D eigenvalue weighted by Crippen LogP contribution is -2.32. The molecule has 1 N–H and O–H groups in total. The second kappa shape index (κ2) is 4.31. The molecule has 1 aromatic rings. The van der Waals surface area contributed by atoms with Gasteiger partial charge in [-0.25, -0.2) is 4.39 Å². The third-order valence-corrected chi connectivity index (χ3v) is 3.27. The Balaban J connectivity index is 2.15. The normalized spacial score (nSPS) is 26.6. The van der Waals surface area contributed by atoms with Crippen LogP contribution in [-0.2, 0) is 0 Å². The minimum atomic E-state index is -0.138. The molecular formula is C13H18FN. The lowest BCUT2D eigenvalue weighted by atomic mass is 9.90. The molecular weight excluding hydrogens is 189 g/mol. The van der Waals surface area contributed by atoms with Gasteiger partial charge in [-0.15, -0.1) is 0 Å². The standard InChI is InChI=1S/C13H18FN/c1-9-3-6-13(15-8-9)12-5-4-11(14)7-10(12)2/h4-5,7,9,13,15H,3,6,8H2,1-2H3. The van der Waals surface area contributed by atoms with Crippen LogP contribution in [0.15, 0.2) is 18.2 Å². The maximum atomic E-state index is 13.0. The topological polar surface area (TPSA) is 12.0 Å². The average molecular weight is 207 g/mol. The third kappa shape index (κ3) is 2.37. The number of hydrogen-bond donors (Lipinski definition) is 1. The van der Waals surface area contributed by atoms with Gasteiger partial charge in [-0.3, -0.25) is 0 Å². The van der Waals surface area contributed by atoms with E-state index in [1.807, 2.05) is 13.0 Å². The Morgan fingerprint density at radius 3 is 2.73 bits per heavy atom. The van der Waals surface area contributed by atoms with E-state index in [-0.39, 0.29) is 5.82 Å². The Kier molecular flexibility index (Phi) is 3.06. The number of halogens is 1. The van der Waals surface area contributed by atoms with Gasteiger partial charge in [-0.05, 0) is 55.5 Å². The SMILES string of the molecule is Cc1cc(F)ccc1C1CCC(C)CN1. The highest BCUT2D eigenvalue weighted by Crippen LogP contribution is 2.27. The van der Waals surface area contributed by atoms with Crippen molar-refractivity contribution in [2.45, 2.75) is 32.7 Å². The molecule has 0 amide bonds. The Labute approximate surface area is 90.7 Å². The molecule has 15 heavy (non-hydrogen) atoms. The summed E-state index contributed by atoms with van der Waals surface area (Å²) in [4.78, 5) is 0. The van der Waals surface area contributed by atoms with Crippen LogP contribution in [0.2, 0.25) is 0 Å². The van der Waals surface area contributed by atoms with E-state index in [0.29, 0.717) is 6.04 Å². The predicted octanol–water partition coefficient (Wildman–Crippen LogP) is 3.19. The molecule has 1 saturated heterocycles. The number of piperidine rings is 1. The zero-order valence-corrected chi connectivity index (χ0v) is 9.39. The minimum absolute atomic E-state index is 0.138. The second-order valence-electron chi connectivity index (χ2n) is 4.64. The predicted molar refractivity (Wildman–Crippen MR) is 60.3 cm³/mol. The van der Waals surface area contributed by atoms with Gasteiger partial charge in [0.05, 0.1) is 0 Å². The Bertz CT molecular complexity index is 340. The molecule has 1 nitrogen and oxygen atoms in total. The van der Waals surface area contributed by atoms with E-state index >= 15 is 0 Å². The Morgan fingerprint density at radius 1 is 1.33 bits per heavy atom.